The summed E-state index contributed by atoms with van der Waals surface area (Å²) in [6.07, 6.45) is 1.53. The van der Waals surface area contributed by atoms with E-state index in [0.29, 0.717) is 23.7 Å². The maximum atomic E-state index is 12.3. The number of hydrogen-bond acceptors (Lipinski definition) is 7. The number of nitro benzene ring substituents is 1. The second-order valence-corrected chi connectivity index (χ2v) is 8.02. The number of nitrogens with one attached hydrogen (secondary N) is 2. The van der Waals surface area contributed by atoms with Crippen LogP contribution in [-0.2, 0) is 11.4 Å². The van der Waals surface area contributed by atoms with Gasteiger partial charge in [0, 0.05) is 23.2 Å². The Balaban J connectivity index is 1.33. The van der Waals surface area contributed by atoms with Crippen molar-refractivity contribution in [2.45, 2.75) is 13.5 Å². The molecule has 0 fully saturated rings. The fourth-order valence-electron chi connectivity index (χ4n) is 3.64. The summed E-state index contributed by atoms with van der Waals surface area (Å²) in [5.74, 6) is 0.773. The topological polar surface area (TPSA) is 115 Å². The third-order valence-corrected chi connectivity index (χ3v) is 5.44. The van der Waals surface area contributed by atoms with Crippen LogP contribution >= 0.6 is 0 Å². The molecule has 0 aliphatic heterocycles. The number of hydrazone groups is 1. The van der Waals surface area contributed by atoms with Crippen molar-refractivity contribution < 1.29 is 19.2 Å². The van der Waals surface area contributed by atoms with Crippen molar-refractivity contribution in [3.8, 4) is 11.5 Å². The molecule has 4 aromatic rings. The average molecular weight is 499 g/mol. The molecule has 0 heterocycles. The maximum absolute atomic E-state index is 12.3. The van der Waals surface area contributed by atoms with Gasteiger partial charge in [-0.3, -0.25) is 14.9 Å². The van der Waals surface area contributed by atoms with E-state index in [2.05, 4.69) is 15.8 Å². The maximum Gasteiger partial charge on any atom is 0.269 e. The number of nitrogens with zero attached hydrogens (tertiary/aromatic N) is 2. The Labute approximate surface area is 213 Å². The number of rotatable bonds is 11. The van der Waals surface area contributed by atoms with Gasteiger partial charge in [0.05, 0.1) is 24.3 Å². The van der Waals surface area contributed by atoms with Gasteiger partial charge >= 0.3 is 0 Å². The Bertz CT molecular complexity index is 1410. The summed E-state index contributed by atoms with van der Waals surface area (Å²) in [5, 5.41) is 20.1. The zero-order chi connectivity index (χ0) is 26.0. The Morgan fingerprint density at radius 3 is 2.54 bits per heavy atom. The molecule has 4 aromatic carbocycles. The molecule has 0 radical (unpaired) electrons. The van der Waals surface area contributed by atoms with Gasteiger partial charge in [-0.25, -0.2) is 5.43 Å². The first kappa shape index (κ1) is 25.2. The minimum atomic E-state index is -0.442. The van der Waals surface area contributed by atoms with Gasteiger partial charge in [-0.2, -0.15) is 5.10 Å². The van der Waals surface area contributed by atoms with Crippen molar-refractivity contribution in [3.63, 3.8) is 0 Å². The number of anilines is 1. The van der Waals surface area contributed by atoms with E-state index in [1.807, 2.05) is 49.4 Å². The van der Waals surface area contributed by atoms with Crippen molar-refractivity contribution in [3.05, 3.63) is 106 Å². The molecule has 9 heteroatoms. The quantitative estimate of drug-likeness (QED) is 0.165. The van der Waals surface area contributed by atoms with Crippen molar-refractivity contribution in [2.24, 2.45) is 5.10 Å². The molecular weight excluding hydrogens is 472 g/mol. The fraction of sp³-hybridized carbons (Fsp3) is 0.143. The smallest absolute Gasteiger partial charge is 0.269 e. The number of nitro groups is 1. The molecule has 0 aromatic heterocycles. The highest BCUT2D eigenvalue weighted by molar-refractivity contribution is 5.95. The molecule has 0 saturated carbocycles. The zero-order valence-corrected chi connectivity index (χ0v) is 20.2. The van der Waals surface area contributed by atoms with Crippen LogP contribution in [0.1, 0.15) is 18.1 Å². The Morgan fingerprint density at radius 1 is 0.973 bits per heavy atom. The van der Waals surface area contributed by atoms with Crippen LogP contribution in [0.3, 0.4) is 0 Å². The summed E-state index contributed by atoms with van der Waals surface area (Å²) in [5.41, 5.74) is 4.93. The molecule has 1 amide bonds. The number of benzene rings is 4. The van der Waals surface area contributed by atoms with E-state index >= 15 is 0 Å². The van der Waals surface area contributed by atoms with Crippen molar-refractivity contribution in [1.82, 2.24) is 5.43 Å². The molecule has 188 valence electrons. The minimum absolute atomic E-state index is 0.0267. The number of ether oxygens (including phenoxy) is 2. The van der Waals surface area contributed by atoms with Crippen LogP contribution in [0.2, 0.25) is 0 Å². The minimum Gasteiger partial charge on any atom is -0.490 e. The number of carbonyl (C=O) groups excluding carboxylic acids is 1. The Kier molecular flexibility index (Phi) is 8.28. The lowest BCUT2D eigenvalue weighted by Gasteiger charge is -2.12. The largest absolute Gasteiger partial charge is 0.490 e. The van der Waals surface area contributed by atoms with Gasteiger partial charge < -0.3 is 14.8 Å². The van der Waals surface area contributed by atoms with Crippen LogP contribution in [0, 0.1) is 10.1 Å². The number of carbonyl (C=O) groups is 1. The van der Waals surface area contributed by atoms with Gasteiger partial charge in [0.2, 0.25) is 0 Å². The molecule has 2 N–H and O–H groups in total. The summed E-state index contributed by atoms with van der Waals surface area (Å²) in [7, 11) is 0. The summed E-state index contributed by atoms with van der Waals surface area (Å²) in [6, 6.07) is 25.3. The highest BCUT2D eigenvalue weighted by atomic mass is 16.6. The molecular formula is C28H26N4O5. The van der Waals surface area contributed by atoms with Gasteiger partial charge in [-0.15, -0.1) is 0 Å². The normalized spacial score (nSPS) is 10.8. The lowest BCUT2D eigenvalue weighted by molar-refractivity contribution is -0.384. The van der Waals surface area contributed by atoms with Gasteiger partial charge in [0.1, 0.15) is 6.61 Å². The lowest BCUT2D eigenvalue weighted by atomic mass is 10.1. The summed E-state index contributed by atoms with van der Waals surface area (Å²) in [4.78, 5) is 22.6. The summed E-state index contributed by atoms with van der Waals surface area (Å²) < 4.78 is 11.6. The van der Waals surface area contributed by atoms with Gasteiger partial charge in [0.15, 0.2) is 11.5 Å². The summed E-state index contributed by atoms with van der Waals surface area (Å²) in [6.45, 7) is 2.60. The van der Waals surface area contributed by atoms with E-state index in [1.165, 1.54) is 18.3 Å². The molecule has 0 atom stereocenters. The van der Waals surface area contributed by atoms with Gasteiger partial charge in [-0.1, -0.05) is 36.4 Å². The third kappa shape index (κ3) is 6.82. The van der Waals surface area contributed by atoms with Crippen molar-refractivity contribution >= 4 is 34.3 Å². The standard InChI is InChI=1S/C28H26N4O5/c1-2-36-27-16-21(12-15-26(27)37-19-20-10-13-23(14-11-20)32(34)35)17-30-31-28(33)18-29-25-9-5-7-22-6-3-4-8-24(22)25/h3-17,29H,2,18-19H2,1H3,(H,31,33)/b30-17-. The molecule has 0 unspecified atom stereocenters. The second kappa shape index (κ2) is 12.2. The zero-order valence-electron chi connectivity index (χ0n) is 20.2. The first-order valence-electron chi connectivity index (χ1n) is 11.7. The molecule has 0 saturated heterocycles. The van der Waals surface area contributed by atoms with Crippen LogP contribution < -0.4 is 20.2 Å². The van der Waals surface area contributed by atoms with E-state index < -0.39 is 4.92 Å². The predicted molar refractivity (Wildman–Crippen MR) is 143 cm³/mol. The monoisotopic (exact) mass is 498 g/mol. The van der Waals surface area contributed by atoms with Crippen LogP contribution in [0.15, 0.2) is 90.0 Å². The number of hydrogen-bond donors (Lipinski definition) is 2. The third-order valence-electron chi connectivity index (χ3n) is 5.44. The average Bonchev–Trinajstić information content (AvgIpc) is 2.92. The van der Waals surface area contributed by atoms with Gasteiger partial charge in [-0.05, 0) is 59.8 Å². The highest BCUT2D eigenvalue weighted by Gasteiger charge is 2.09. The molecule has 0 aliphatic rings. The fourth-order valence-corrected chi connectivity index (χ4v) is 3.64. The SMILES string of the molecule is CCOc1cc(/C=N\NC(=O)CNc2cccc3ccccc23)ccc1OCc1ccc([N+](=O)[O-])cc1. The lowest BCUT2D eigenvalue weighted by Crippen LogP contribution is -2.25. The Hall–Kier alpha value is -4.92. The molecule has 0 bridgehead atoms. The first-order valence-corrected chi connectivity index (χ1v) is 11.7. The van der Waals surface area contributed by atoms with Gasteiger partial charge in [0.25, 0.3) is 11.6 Å². The highest BCUT2D eigenvalue weighted by Crippen LogP contribution is 2.29. The van der Waals surface area contributed by atoms with E-state index in [9.17, 15) is 14.9 Å². The van der Waals surface area contributed by atoms with Crippen LogP contribution in [0.25, 0.3) is 10.8 Å². The van der Waals surface area contributed by atoms with Crippen LogP contribution in [0.4, 0.5) is 11.4 Å². The van der Waals surface area contributed by atoms with Crippen molar-refractivity contribution in [1.29, 1.82) is 0 Å². The van der Waals surface area contributed by atoms with Crippen molar-refractivity contribution in [2.75, 3.05) is 18.5 Å². The van der Waals surface area contributed by atoms with E-state index in [1.54, 1.807) is 30.3 Å². The van der Waals surface area contributed by atoms with E-state index in [4.69, 9.17) is 9.47 Å². The molecule has 0 aliphatic carbocycles. The van der Waals surface area contributed by atoms with E-state index in [0.717, 1.165) is 22.0 Å². The van der Waals surface area contributed by atoms with Crippen LogP contribution in [0.5, 0.6) is 11.5 Å². The van der Waals surface area contributed by atoms with E-state index in [-0.39, 0.29) is 24.7 Å². The van der Waals surface area contributed by atoms with Crippen LogP contribution in [-0.4, -0.2) is 30.2 Å². The molecule has 37 heavy (non-hydrogen) atoms. The predicted octanol–water partition coefficient (Wildman–Crippen LogP) is 5.29. The number of fused-ring (bicyclic) bond motifs is 1. The summed E-state index contributed by atoms with van der Waals surface area (Å²) >= 11 is 0. The first-order chi connectivity index (χ1) is 18.0. The number of amides is 1. The second-order valence-electron chi connectivity index (χ2n) is 8.02. The molecule has 0 spiro atoms. The molecule has 9 nitrogen and oxygen atoms in total. The number of non-ortho nitro benzene ring substituents is 1. The Morgan fingerprint density at radius 2 is 1.76 bits per heavy atom. The molecule has 4 rings (SSSR count).